The largest absolute Gasteiger partial charge is 0.359 e. The first kappa shape index (κ1) is 25.6. The van der Waals surface area contributed by atoms with Gasteiger partial charge in [0, 0.05) is 56.6 Å². The number of nitrogens with one attached hydrogen (secondary N) is 3. The lowest BCUT2D eigenvalue weighted by Gasteiger charge is -2.35. The summed E-state index contributed by atoms with van der Waals surface area (Å²) in [4.78, 5) is 31.4. The van der Waals surface area contributed by atoms with Crippen LogP contribution in [0.15, 0.2) is 53.4 Å². The Hall–Kier alpha value is -4.03. The molecule has 1 fully saturated rings. The molecule has 1 aromatic carbocycles. The van der Waals surface area contributed by atoms with Gasteiger partial charge >= 0.3 is 6.03 Å². The third-order valence-corrected chi connectivity index (χ3v) is 7.17. The van der Waals surface area contributed by atoms with E-state index in [2.05, 4.69) is 52.8 Å². The smallest absolute Gasteiger partial charge is 0.324 e. The maximum atomic E-state index is 12.2. The van der Waals surface area contributed by atoms with Crippen LogP contribution in [0.3, 0.4) is 0 Å². The maximum absolute atomic E-state index is 12.2. The molecule has 11 nitrogen and oxygen atoms in total. The van der Waals surface area contributed by atoms with Gasteiger partial charge in [-0.3, -0.25) is 10.2 Å². The Kier molecular flexibility index (Phi) is 8.09. The van der Waals surface area contributed by atoms with Gasteiger partial charge in [0.1, 0.15) is 23.7 Å². The zero-order valence-electron chi connectivity index (χ0n) is 21.5. The number of anilines is 5. The Morgan fingerprint density at radius 2 is 1.82 bits per heavy atom. The van der Waals surface area contributed by atoms with Gasteiger partial charge < -0.3 is 20.1 Å². The van der Waals surface area contributed by atoms with Crippen LogP contribution in [-0.4, -0.2) is 63.8 Å². The molecule has 0 radical (unpaired) electrons. The lowest BCUT2D eigenvalue weighted by Crippen LogP contribution is -2.46. The standard InChI is InChI=1S/C26H31N9O2S/c1-3-9-34-10-12-35(13-11-34)24-15-22(28-17-29-24)32-26-27-16-21(38-26)18-5-7-19(8-6-18)30-25(36)31-23-14-20(4-2)37-33-23/h5-8,14-17H,3-4,9-13H2,1-2H3,(H,27,28,29,32)(H2,30,31,33,36). The number of thiazole rings is 1. The summed E-state index contributed by atoms with van der Waals surface area (Å²) in [5.41, 5.74) is 1.66. The van der Waals surface area contributed by atoms with Gasteiger partial charge in [-0.05, 0) is 30.7 Å². The van der Waals surface area contributed by atoms with Gasteiger partial charge in [0.2, 0.25) is 0 Å². The number of nitrogens with zero attached hydrogens (tertiary/aromatic N) is 6. The highest BCUT2D eigenvalue weighted by molar-refractivity contribution is 7.18. The predicted octanol–water partition coefficient (Wildman–Crippen LogP) is 5.07. The van der Waals surface area contributed by atoms with E-state index in [-0.39, 0.29) is 6.03 Å². The number of carbonyl (C=O) groups excluding carboxylic acids is 1. The minimum absolute atomic E-state index is 0.381. The zero-order chi connectivity index (χ0) is 26.3. The maximum Gasteiger partial charge on any atom is 0.324 e. The number of hydrogen-bond acceptors (Lipinski definition) is 10. The first-order valence-electron chi connectivity index (χ1n) is 12.8. The van der Waals surface area contributed by atoms with E-state index in [1.54, 1.807) is 12.4 Å². The van der Waals surface area contributed by atoms with Crippen LogP contribution < -0.4 is 20.9 Å². The summed E-state index contributed by atoms with van der Waals surface area (Å²) in [6.45, 7) is 9.35. The third-order valence-electron chi connectivity index (χ3n) is 6.21. The molecule has 12 heteroatoms. The van der Waals surface area contributed by atoms with Gasteiger partial charge in [-0.25, -0.2) is 19.7 Å². The van der Waals surface area contributed by atoms with Gasteiger partial charge in [-0.15, -0.1) is 0 Å². The monoisotopic (exact) mass is 533 g/mol. The lowest BCUT2D eigenvalue weighted by atomic mass is 10.2. The molecular weight excluding hydrogens is 502 g/mol. The number of benzene rings is 1. The lowest BCUT2D eigenvalue weighted by molar-refractivity contribution is 0.258. The number of hydrogen-bond donors (Lipinski definition) is 3. The second-order valence-corrected chi connectivity index (χ2v) is 9.96. The highest BCUT2D eigenvalue weighted by Gasteiger charge is 2.18. The molecular formula is C26H31N9O2S. The van der Waals surface area contributed by atoms with E-state index < -0.39 is 0 Å². The van der Waals surface area contributed by atoms with Crippen molar-refractivity contribution in [2.24, 2.45) is 0 Å². The number of carbonyl (C=O) groups is 1. The first-order chi connectivity index (χ1) is 18.6. The molecule has 2 amide bonds. The van der Waals surface area contributed by atoms with Gasteiger partial charge in [-0.1, -0.05) is 42.5 Å². The quantitative estimate of drug-likeness (QED) is 0.270. The summed E-state index contributed by atoms with van der Waals surface area (Å²) in [6.07, 6.45) is 5.31. The molecule has 3 N–H and O–H groups in total. The molecule has 0 aliphatic carbocycles. The Morgan fingerprint density at radius 3 is 2.55 bits per heavy atom. The van der Waals surface area contributed by atoms with Crippen molar-refractivity contribution < 1.29 is 9.32 Å². The summed E-state index contributed by atoms with van der Waals surface area (Å²) < 4.78 is 5.10. The van der Waals surface area contributed by atoms with Gasteiger partial charge in [0.05, 0.1) is 4.88 Å². The minimum Gasteiger partial charge on any atom is -0.359 e. The molecule has 38 heavy (non-hydrogen) atoms. The normalized spacial score (nSPS) is 13.9. The van der Waals surface area contributed by atoms with Crippen LogP contribution >= 0.6 is 11.3 Å². The summed E-state index contributed by atoms with van der Waals surface area (Å²) in [7, 11) is 0. The van der Waals surface area contributed by atoms with E-state index in [4.69, 9.17) is 4.52 Å². The summed E-state index contributed by atoms with van der Waals surface area (Å²) in [5.74, 6) is 2.74. The highest BCUT2D eigenvalue weighted by Crippen LogP contribution is 2.31. The summed E-state index contributed by atoms with van der Waals surface area (Å²) in [5, 5.41) is 13.3. The van der Waals surface area contributed by atoms with E-state index in [9.17, 15) is 4.79 Å². The van der Waals surface area contributed by atoms with E-state index >= 15 is 0 Å². The van der Waals surface area contributed by atoms with Crippen molar-refractivity contribution in [3.05, 3.63) is 54.7 Å². The van der Waals surface area contributed by atoms with Crippen LogP contribution in [0.5, 0.6) is 0 Å². The van der Waals surface area contributed by atoms with E-state index in [1.807, 2.05) is 43.5 Å². The van der Waals surface area contributed by atoms with Crippen LogP contribution in [0.1, 0.15) is 26.0 Å². The average molecular weight is 534 g/mol. The van der Waals surface area contributed by atoms with Gasteiger partial charge in [0.25, 0.3) is 0 Å². The Morgan fingerprint density at radius 1 is 1.00 bits per heavy atom. The second-order valence-electron chi connectivity index (χ2n) is 8.93. The average Bonchev–Trinajstić information content (AvgIpc) is 3.59. The minimum atomic E-state index is -0.384. The van der Waals surface area contributed by atoms with Crippen molar-refractivity contribution in [1.82, 2.24) is 25.0 Å². The fourth-order valence-corrected chi connectivity index (χ4v) is 5.04. The molecule has 0 bridgehead atoms. The Bertz CT molecular complexity index is 1350. The second kappa shape index (κ2) is 12.0. The fraction of sp³-hybridized carbons (Fsp3) is 0.346. The van der Waals surface area contributed by atoms with Crippen molar-refractivity contribution in [3.63, 3.8) is 0 Å². The summed E-state index contributed by atoms with van der Waals surface area (Å²) in [6, 6.07) is 10.9. The van der Waals surface area contributed by atoms with E-state index in [0.29, 0.717) is 23.7 Å². The number of aryl methyl sites for hydroxylation is 1. The molecule has 0 spiro atoms. The molecule has 3 aromatic heterocycles. The van der Waals surface area contributed by atoms with E-state index in [1.165, 1.54) is 17.8 Å². The van der Waals surface area contributed by atoms with Crippen LogP contribution in [-0.2, 0) is 6.42 Å². The van der Waals surface area contributed by atoms with Crippen molar-refractivity contribution in [3.8, 4) is 10.4 Å². The third kappa shape index (κ3) is 6.45. The Labute approximate surface area is 225 Å². The molecule has 0 saturated carbocycles. The van der Waals surface area contributed by atoms with Crippen LogP contribution in [0, 0.1) is 0 Å². The SMILES string of the molecule is CCCN1CCN(c2cc(Nc3ncc(-c4ccc(NC(=O)Nc5cc(CC)on5)cc4)s3)ncn2)CC1. The topological polar surface area (TPSA) is 124 Å². The molecule has 4 heterocycles. The van der Waals surface area contributed by atoms with Crippen molar-refractivity contribution >= 4 is 45.6 Å². The van der Waals surface area contributed by atoms with Crippen LogP contribution in [0.4, 0.5) is 33.1 Å². The van der Waals surface area contributed by atoms with Crippen molar-refractivity contribution in [2.45, 2.75) is 26.7 Å². The number of piperazine rings is 1. The fourth-order valence-electron chi connectivity index (χ4n) is 4.22. The molecule has 5 rings (SSSR count). The molecule has 1 aliphatic heterocycles. The Balaban J connectivity index is 1.16. The first-order valence-corrected chi connectivity index (χ1v) is 13.6. The van der Waals surface area contributed by atoms with Crippen molar-refractivity contribution in [1.29, 1.82) is 0 Å². The number of rotatable bonds is 9. The molecule has 0 atom stereocenters. The van der Waals surface area contributed by atoms with Crippen molar-refractivity contribution in [2.75, 3.05) is 53.6 Å². The molecule has 4 aromatic rings. The molecule has 1 aliphatic rings. The molecule has 1 saturated heterocycles. The number of aromatic nitrogens is 4. The highest BCUT2D eigenvalue weighted by atomic mass is 32.1. The predicted molar refractivity (Wildman–Crippen MR) is 150 cm³/mol. The van der Waals surface area contributed by atoms with E-state index in [0.717, 1.165) is 59.9 Å². The van der Waals surface area contributed by atoms with Crippen LogP contribution in [0.2, 0.25) is 0 Å². The molecule has 198 valence electrons. The molecule has 0 unspecified atom stereocenters. The number of urea groups is 1. The van der Waals surface area contributed by atoms with Gasteiger partial charge in [0.15, 0.2) is 10.9 Å². The van der Waals surface area contributed by atoms with Gasteiger partial charge in [-0.2, -0.15) is 0 Å². The summed E-state index contributed by atoms with van der Waals surface area (Å²) >= 11 is 1.53. The zero-order valence-corrected chi connectivity index (χ0v) is 22.3. The number of amides is 2. The van der Waals surface area contributed by atoms with Crippen LogP contribution in [0.25, 0.3) is 10.4 Å².